The van der Waals surface area contributed by atoms with Gasteiger partial charge in [-0.25, -0.2) is 4.98 Å². The lowest BCUT2D eigenvalue weighted by atomic mass is 9.98. The summed E-state index contributed by atoms with van der Waals surface area (Å²) in [6.45, 7) is 2.51. The Morgan fingerprint density at radius 2 is 2.05 bits per heavy atom. The summed E-state index contributed by atoms with van der Waals surface area (Å²) in [5, 5.41) is 6.18. The van der Waals surface area contributed by atoms with Crippen LogP contribution in [0.25, 0.3) is 0 Å². The van der Waals surface area contributed by atoms with Crippen LogP contribution in [-0.2, 0) is 4.79 Å². The maximum Gasteiger partial charge on any atom is 0.233 e. The van der Waals surface area contributed by atoms with Crippen LogP contribution in [0.4, 0.5) is 11.5 Å². The maximum absolute atomic E-state index is 12.3. The standard InChI is InChI=1S/C15H15N3O/c1-10-7-13-14(16-8-10)17-9-12(15(19)18-13)11-5-3-2-4-6-11/h2-8,12H,9H2,1H3,(H,16,17)(H,18,19). The Morgan fingerprint density at radius 3 is 2.84 bits per heavy atom. The molecule has 1 aliphatic heterocycles. The number of anilines is 2. The molecule has 3 rings (SSSR count). The molecular formula is C15H15N3O. The molecule has 0 saturated heterocycles. The Bertz CT molecular complexity index is 610. The molecule has 0 aliphatic carbocycles. The molecule has 1 aromatic carbocycles. The van der Waals surface area contributed by atoms with Gasteiger partial charge in [-0.2, -0.15) is 0 Å². The highest BCUT2D eigenvalue weighted by atomic mass is 16.2. The molecule has 1 amide bonds. The minimum absolute atomic E-state index is 0.00449. The van der Waals surface area contributed by atoms with E-state index in [0.29, 0.717) is 6.54 Å². The van der Waals surface area contributed by atoms with Crippen LogP contribution in [0.15, 0.2) is 42.6 Å². The van der Waals surface area contributed by atoms with E-state index in [2.05, 4.69) is 15.6 Å². The normalized spacial score (nSPS) is 17.9. The second-order valence-electron chi connectivity index (χ2n) is 4.74. The van der Waals surface area contributed by atoms with Crippen molar-refractivity contribution in [3.63, 3.8) is 0 Å². The summed E-state index contributed by atoms with van der Waals surface area (Å²) in [4.78, 5) is 16.6. The first-order valence-electron chi connectivity index (χ1n) is 6.30. The van der Waals surface area contributed by atoms with Crippen molar-refractivity contribution < 1.29 is 4.79 Å². The molecule has 2 aromatic rings. The van der Waals surface area contributed by atoms with Gasteiger partial charge in [0.25, 0.3) is 0 Å². The maximum atomic E-state index is 12.3. The molecule has 4 nitrogen and oxygen atoms in total. The summed E-state index contributed by atoms with van der Waals surface area (Å²) in [5.74, 6) is 0.540. The van der Waals surface area contributed by atoms with E-state index in [4.69, 9.17) is 0 Å². The Labute approximate surface area is 111 Å². The first kappa shape index (κ1) is 11.7. The largest absolute Gasteiger partial charge is 0.367 e. The molecule has 0 saturated carbocycles. The van der Waals surface area contributed by atoms with Gasteiger partial charge in [-0.3, -0.25) is 4.79 Å². The smallest absolute Gasteiger partial charge is 0.233 e. The third-order valence-corrected chi connectivity index (χ3v) is 3.27. The summed E-state index contributed by atoms with van der Waals surface area (Å²) < 4.78 is 0. The van der Waals surface area contributed by atoms with E-state index in [9.17, 15) is 4.79 Å². The zero-order valence-corrected chi connectivity index (χ0v) is 10.7. The number of carbonyl (C=O) groups excluding carboxylic acids is 1. The number of nitrogens with zero attached hydrogens (tertiary/aromatic N) is 1. The van der Waals surface area contributed by atoms with Crippen LogP contribution < -0.4 is 10.6 Å². The number of aryl methyl sites for hydroxylation is 1. The topological polar surface area (TPSA) is 54.0 Å². The van der Waals surface area contributed by atoms with Gasteiger partial charge in [-0.1, -0.05) is 30.3 Å². The third-order valence-electron chi connectivity index (χ3n) is 3.27. The molecule has 1 aliphatic rings. The summed E-state index contributed by atoms with van der Waals surface area (Å²) >= 11 is 0. The summed E-state index contributed by atoms with van der Waals surface area (Å²) in [5.41, 5.74) is 2.79. The van der Waals surface area contributed by atoms with Crippen molar-refractivity contribution in [2.75, 3.05) is 17.2 Å². The predicted molar refractivity (Wildman–Crippen MR) is 75.3 cm³/mol. The molecule has 2 N–H and O–H groups in total. The van der Waals surface area contributed by atoms with E-state index in [1.807, 2.05) is 43.3 Å². The Kier molecular flexibility index (Phi) is 2.91. The van der Waals surface area contributed by atoms with E-state index in [-0.39, 0.29) is 11.8 Å². The fraction of sp³-hybridized carbons (Fsp3) is 0.200. The van der Waals surface area contributed by atoms with Crippen molar-refractivity contribution in [2.45, 2.75) is 12.8 Å². The third kappa shape index (κ3) is 2.29. The molecule has 0 spiro atoms. The Morgan fingerprint density at radius 1 is 1.26 bits per heavy atom. The van der Waals surface area contributed by atoms with Gasteiger partial charge in [0, 0.05) is 12.7 Å². The molecule has 4 heteroatoms. The molecule has 0 bridgehead atoms. The molecule has 0 radical (unpaired) electrons. The Hall–Kier alpha value is -2.36. The zero-order valence-electron chi connectivity index (χ0n) is 10.7. The van der Waals surface area contributed by atoms with Crippen LogP contribution in [0.2, 0.25) is 0 Å². The minimum Gasteiger partial charge on any atom is -0.367 e. The number of hydrogen-bond acceptors (Lipinski definition) is 3. The Balaban J connectivity index is 1.93. The van der Waals surface area contributed by atoms with E-state index in [1.54, 1.807) is 6.20 Å². The summed E-state index contributed by atoms with van der Waals surface area (Å²) in [6.07, 6.45) is 1.79. The lowest BCUT2D eigenvalue weighted by Gasteiger charge is -2.13. The zero-order chi connectivity index (χ0) is 13.2. The van der Waals surface area contributed by atoms with Gasteiger partial charge >= 0.3 is 0 Å². The van der Waals surface area contributed by atoms with Gasteiger partial charge in [0.05, 0.1) is 11.6 Å². The van der Waals surface area contributed by atoms with Crippen LogP contribution in [-0.4, -0.2) is 17.4 Å². The lowest BCUT2D eigenvalue weighted by molar-refractivity contribution is -0.117. The summed E-state index contributed by atoms with van der Waals surface area (Å²) in [6, 6.07) is 11.7. The van der Waals surface area contributed by atoms with Crippen LogP contribution in [0.3, 0.4) is 0 Å². The van der Waals surface area contributed by atoms with Gasteiger partial charge in [-0.15, -0.1) is 0 Å². The highest BCUT2D eigenvalue weighted by Gasteiger charge is 2.25. The highest BCUT2D eigenvalue weighted by Crippen LogP contribution is 2.27. The fourth-order valence-corrected chi connectivity index (χ4v) is 2.27. The lowest BCUT2D eigenvalue weighted by Crippen LogP contribution is -2.23. The van der Waals surface area contributed by atoms with Crippen LogP contribution in [0.1, 0.15) is 17.0 Å². The fourth-order valence-electron chi connectivity index (χ4n) is 2.27. The number of amides is 1. The predicted octanol–water partition coefficient (Wildman–Crippen LogP) is 2.54. The molecule has 2 heterocycles. The first-order chi connectivity index (χ1) is 9.24. The molecule has 0 fully saturated rings. The van der Waals surface area contributed by atoms with Crippen molar-refractivity contribution in [3.8, 4) is 0 Å². The monoisotopic (exact) mass is 253 g/mol. The molecule has 19 heavy (non-hydrogen) atoms. The molecule has 1 unspecified atom stereocenters. The van der Waals surface area contributed by atoms with Crippen molar-refractivity contribution in [1.29, 1.82) is 0 Å². The second kappa shape index (κ2) is 4.72. The number of carbonyl (C=O) groups is 1. The van der Waals surface area contributed by atoms with Crippen molar-refractivity contribution >= 4 is 17.4 Å². The highest BCUT2D eigenvalue weighted by molar-refractivity contribution is 5.99. The number of fused-ring (bicyclic) bond motifs is 1. The van der Waals surface area contributed by atoms with Crippen molar-refractivity contribution in [2.24, 2.45) is 0 Å². The number of nitrogens with one attached hydrogen (secondary N) is 2. The van der Waals surface area contributed by atoms with Gasteiger partial charge in [0.2, 0.25) is 5.91 Å². The number of aromatic nitrogens is 1. The average molecular weight is 253 g/mol. The van der Waals surface area contributed by atoms with Crippen molar-refractivity contribution in [1.82, 2.24) is 4.98 Å². The van der Waals surface area contributed by atoms with E-state index >= 15 is 0 Å². The van der Waals surface area contributed by atoms with Gasteiger partial charge in [0.1, 0.15) is 5.82 Å². The molecule has 1 atom stereocenters. The second-order valence-corrected chi connectivity index (χ2v) is 4.74. The van der Waals surface area contributed by atoms with Gasteiger partial charge < -0.3 is 10.6 Å². The van der Waals surface area contributed by atoms with Crippen molar-refractivity contribution in [3.05, 3.63) is 53.7 Å². The SMILES string of the molecule is Cc1cnc2c(c1)NC(=O)C(c1ccccc1)CN2. The molecular weight excluding hydrogens is 238 g/mol. The number of pyridine rings is 1. The van der Waals surface area contributed by atoms with Gasteiger partial charge in [0.15, 0.2) is 0 Å². The number of hydrogen-bond donors (Lipinski definition) is 2. The molecule has 96 valence electrons. The number of rotatable bonds is 1. The minimum atomic E-state index is -0.198. The molecule has 1 aromatic heterocycles. The summed E-state index contributed by atoms with van der Waals surface area (Å²) in [7, 11) is 0. The van der Waals surface area contributed by atoms with Crippen LogP contribution in [0.5, 0.6) is 0 Å². The van der Waals surface area contributed by atoms with E-state index in [0.717, 1.165) is 22.6 Å². The van der Waals surface area contributed by atoms with E-state index < -0.39 is 0 Å². The number of benzene rings is 1. The quantitative estimate of drug-likeness (QED) is 0.821. The average Bonchev–Trinajstić information content (AvgIpc) is 2.57. The van der Waals surface area contributed by atoms with E-state index in [1.165, 1.54) is 0 Å². The van der Waals surface area contributed by atoms with Gasteiger partial charge in [-0.05, 0) is 24.1 Å². The first-order valence-corrected chi connectivity index (χ1v) is 6.30. The van der Waals surface area contributed by atoms with Crippen LogP contribution >= 0.6 is 0 Å². The van der Waals surface area contributed by atoms with Crippen LogP contribution in [0, 0.1) is 6.92 Å².